The molecule has 2 aromatic carbocycles. The van der Waals surface area contributed by atoms with Gasteiger partial charge in [-0.2, -0.15) is 0 Å². The lowest BCUT2D eigenvalue weighted by molar-refractivity contribution is -0.384. The minimum Gasteiger partial charge on any atom is -0.379 e. The second kappa shape index (κ2) is 7.16. The molecule has 152 valence electrons. The van der Waals surface area contributed by atoms with Crippen LogP contribution in [0.15, 0.2) is 47.3 Å². The van der Waals surface area contributed by atoms with E-state index in [-0.39, 0.29) is 22.4 Å². The smallest absolute Gasteiger partial charge is 0.270 e. The van der Waals surface area contributed by atoms with Gasteiger partial charge in [-0.15, -0.1) is 0 Å². The number of ether oxygens (including phenoxy) is 1. The van der Waals surface area contributed by atoms with E-state index in [1.165, 1.54) is 18.2 Å². The molecule has 1 saturated heterocycles. The number of non-ortho nitro benzene ring substituents is 1. The number of morpholine rings is 1. The Morgan fingerprint density at radius 3 is 2.43 bits per heavy atom. The highest BCUT2D eigenvalue weighted by atomic mass is 16.6. The molecule has 8 nitrogen and oxygen atoms in total. The van der Waals surface area contributed by atoms with E-state index in [0.717, 1.165) is 18.7 Å². The summed E-state index contributed by atoms with van der Waals surface area (Å²) in [4.78, 5) is 39.6. The molecule has 8 heteroatoms. The topological polar surface area (TPSA) is 94.7 Å². The van der Waals surface area contributed by atoms with E-state index >= 15 is 0 Å². The van der Waals surface area contributed by atoms with Crippen LogP contribution < -0.4 is 5.56 Å². The molecule has 5 rings (SSSR count). The highest BCUT2D eigenvalue weighted by molar-refractivity contribution is 6.26. The van der Waals surface area contributed by atoms with Crippen LogP contribution in [-0.4, -0.2) is 53.0 Å². The number of hydrogen-bond donors (Lipinski definition) is 0. The van der Waals surface area contributed by atoms with Gasteiger partial charge < -0.3 is 9.30 Å². The van der Waals surface area contributed by atoms with Crippen molar-refractivity contribution in [3.8, 4) is 11.3 Å². The largest absolute Gasteiger partial charge is 0.379 e. The zero-order chi connectivity index (χ0) is 20.8. The highest BCUT2D eigenvalue weighted by Gasteiger charge is 2.33. The van der Waals surface area contributed by atoms with Gasteiger partial charge in [0.05, 0.1) is 34.8 Å². The average molecular weight is 405 g/mol. The summed E-state index contributed by atoms with van der Waals surface area (Å²) in [7, 11) is 0. The number of carbonyl (C=O) groups excluding carboxylic acids is 1. The van der Waals surface area contributed by atoms with Crippen LogP contribution in [0.25, 0.3) is 22.0 Å². The Hall–Kier alpha value is -3.36. The first-order valence-electron chi connectivity index (χ1n) is 9.85. The Bertz CT molecular complexity index is 1260. The maximum absolute atomic E-state index is 13.4. The first-order valence-corrected chi connectivity index (χ1v) is 9.85. The van der Waals surface area contributed by atoms with Gasteiger partial charge in [0.2, 0.25) is 0 Å². The van der Waals surface area contributed by atoms with E-state index in [1.54, 1.807) is 16.7 Å². The summed E-state index contributed by atoms with van der Waals surface area (Å²) in [5, 5.41) is 11.9. The van der Waals surface area contributed by atoms with Crippen molar-refractivity contribution in [2.45, 2.75) is 6.54 Å². The minimum absolute atomic E-state index is 0.153. The number of rotatable bonds is 4. The molecule has 0 atom stereocenters. The summed E-state index contributed by atoms with van der Waals surface area (Å²) in [6.07, 6.45) is 0. The van der Waals surface area contributed by atoms with Crippen LogP contribution in [0.5, 0.6) is 0 Å². The molecule has 30 heavy (non-hydrogen) atoms. The van der Waals surface area contributed by atoms with Gasteiger partial charge in [-0.1, -0.05) is 24.3 Å². The molecule has 0 amide bonds. The van der Waals surface area contributed by atoms with Gasteiger partial charge in [-0.25, -0.2) is 0 Å². The van der Waals surface area contributed by atoms with Crippen molar-refractivity contribution in [3.05, 3.63) is 74.1 Å². The Morgan fingerprint density at radius 2 is 1.70 bits per heavy atom. The van der Waals surface area contributed by atoms with Crippen molar-refractivity contribution < 1.29 is 14.5 Å². The van der Waals surface area contributed by atoms with Gasteiger partial charge >= 0.3 is 0 Å². The molecule has 0 spiro atoms. The summed E-state index contributed by atoms with van der Waals surface area (Å²) in [5.41, 5.74) is 1.86. The number of nitro groups is 1. The number of ketones is 1. The van der Waals surface area contributed by atoms with E-state index in [9.17, 15) is 19.7 Å². The van der Waals surface area contributed by atoms with Crippen molar-refractivity contribution in [1.82, 2.24) is 9.47 Å². The number of pyridine rings is 1. The molecule has 2 aliphatic rings. The Kier molecular flexibility index (Phi) is 4.45. The van der Waals surface area contributed by atoms with Crippen LogP contribution in [0.3, 0.4) is 0 Å². The molecular formula is C22H19N3O5. The second-order valence-corrected chi connectivity index (χ2v) is 7.50. The van der Waals surface area contributed by atoms with E-state index in [2.05, 4.69) is 4.90 Å². The van der Waals surface area contributed by atoms with Crippen LogP contribution in [0.2, 0.25) is 0 Å². The predicted molar refractivity (Wildman–Crippen MR) is 111 cm³/mol. The van der Waals surface area contributed by atoms with Crippen LogP contribution in [0.4, 0.5) is 5.69 Å². The molecule has 1 aliphatic heterocycles. The van der Waals surface area contributed by atoms with E-state index in [0.29, 0.717) is 48.5 Å². The van der Waals surface area contributed by atoms with E-state index in [1.807, 2.05) is 12.1 Å². The fourth-order valence-corrected chi connectivity index (χ4v) is 4.36. The van der Waals surface area contributed by atoms with Gasteiger partial charge in [0.15, 0.2) is 5.78 Å². The Labute approximate surface area is 171 Å². The highest BCUT2D eigenvalue weighted by Crippen LogP contribution is 2.39. The third-order valence-electron chi connectivity index (χ3n) is 5.86. The van der Waals surface area contributed by atoms with Gasteiger partial charge in [0.25, 0.3) is 11.2 Å². The molecule has 0 saturated carbocycles. The fourth-order valence-electron chi connectivity index (χ4n) is 4.36. The summed E-state index contributed by atoms with van der Waals surface area (Å²) in [6.45, 7) is 3.89. The molecule has 3 aromatic rings. The van der Waals surface area contributed by atoms with E-state index < -0.39 is 4.92 Å². The first kappa shape index (κ1) is 18.7. The van der Waals surface area contributed by atoms with Gasteiger partial charge in [-0.05, 0) is 6.07 Å². The van der Waals surface area contributed by atoms with Crippen molar-refractivity contribution in [2.24, 2.45) is 0 Å². The first-order chi connectivity index (χ1) is 14.6. The lowest BCUT2D eigenvalue weighted by Crippen LogP contribution is -2.39. The summed E-state index contributed by atoms with van der Waals surface area (Å²) >= 11 is 0. The Balaban J connectivity index is 1.73. The number of aromatic nitrogens is 1. The molecule has 1 aromatic heterocycles. The van der Waals surface area contributed by atoms with Gasteiger partial charge in [0, 0.05) is 54.8 Å². The molecule has 1 aliphatic carbocycles. The molecular weight excluding hydrogens is 386 g/mol. The van der Waals surface area contributed by atoms with Gasteiger partial charge in [-0.3, -0.25) is 24.6 Å². The predicted octanol–water partition coefficient (Wildman–Crippen LogP) is 2.45. The zero-order valence-corrected chi connectivity index (χ0v) is 16.2. The van der Waals surface area contributed by atoms with E-state index in [4.69, 9.17) is 4.74 Å². The minimum atomic E-state index is -0.527. The lowest BCUT2D eigenvalue weighted by Gasteiger charge is -2.27. The standard InChI is InChI=1S/C22H19N3O5/c26-21-17-4-2-1-3-16(17)20-19(21)15-6-5-14(25(28)29)13-18(15)22(27)24(20)8-7-23-9-11-30-12-10-23/h1-6,13H,7-12H2. The SMILES string of the molecule is O=C1c2ccccc2-c2c1c1ccc([N+](=O)[O-])cc1c(=O)n2CCN1CCOCC1. The van der Waals surface area contributed by atoms with Crippen molar-refractivity contribution in [3.63, 3.8) is 0 Å². The quantitative estimate of drug-likeness (QED) is 0.382. The summed E-state index contributed by atoms with van der Waals surface area (Å²) < 4.78 is 7.00. The molecule has 0 bridgehead atoms. The normalized spacial score (nSPS) is 15.9. The summed E-state index contributed by atoms with van der Waals surface area (Å²) in [6, 6.07) is 11.4. The zero-order valence-electron chi connectivity index (χ0n) is 16.2. The van der Waals surface area contributed by atoms with Crippen LogP contribution in [0.1, 0.15) is 15.9 Å². The molecule has 2 heterocycles. The number of carbonyl (C=O) groups is 1. The number of nitrogens with zero attached hydrogens (tertiary/aromatic N) is 3. The number of hydrogen-bond acceptors (Lipinski definition) is 6. The van der Waals surface area contributed by atoms with Crippen LogP contribution >= 0.6 is 0 Å². The van der Waals surface area contributed by atoms with Crippen LogP contribution in [-0.2, 0) is 11.3 Å². The molecule has 0 radical (unpaired) electrons. The second-order valence-electron chi connectivity index (χ2n) is 7.50. The maximum atomic E-state index is 13.4. The third kappa shape index (κ3) is 2.84. The molecule has 0 N–H and O–H groups in total. The number of nitro benzene ring substituents is 1. The average Bonchev–Trinajstić information content (AvgIpc) is 3.07. The fraction of sp³-hybridized carbons (Fsp3) is 0.273. The Morgan fingerprint density at radius 1 is 0.967 bits per heavy atom. The van der Waals surface area contributed by atoms with Crippen molar-refractivity contribution >= 4 is 22.2 Å². The lowest BCUT2D eigenvalue weighted by atomic mass is 10.0. The third-order valence-corrected chi connectivity index (χ3v) is 5.86. The van der Waals surface area contributed by atoms with Crippen molar-refractivity contribution in [1.29, 1.82) is 0 Å². The summed E-state index contributed by atoms with van der Waals surface area (Å²) in [5.74, 6) is -0.153. The molecule has 1 fully saturated rings. The molecule has 0 unspecified atom stereocenters. The maximum Gasteiger partial charge on any atom is 0.270 e. The van der Waals surface area contributed by atoms with Crippen molar-refractivity contribution in [2.75, 3.05) is 32.8 Å². The number of fused-ring (bicyclic) bond motifs is 5. The van der Waals surface area contributed by atoms with Crippen LogP contribution in [0, 0.1) is 10.1 Å². The van der Waals surface area contributed by atoms with Gasteiger partial charge in [0.1, 0.15) is 0 Å². The number of benzene rings is 2. The monoisotopic (exact) mass is 405 g/mol.